The van der Waals surface area contributed by atoms with E-state index in [1.807, 2.05) is 0 Å². The highest BCUT2D eigenvalue weighted by Crippen LogP contribution is 2.16. The minimum absolute atomic E-state index is 0.120. The van der Waals surface area contributed by atoms with Crippen LogP contribution in [0.1, 0.15) is 37.7 Å². The fourth-order valence-electron chi connectivity index (χ4n) is 1.79. The first-order valence-electron chi connectivity index (χ1n) is 5.90. The number of hydrogen-bond donors (Lipinski definition) is 3. The van der Waals surface area contributed by atoms with Crippen LogP contribution in [0.4, 0.5) is 5.82 Å². The van der Waals surface area contributed by atoms with Gasteiger partial charge in [0.15, 0.2) is 5.69 Å². The van der Waals surface area contributed by atoms with Crippen LogP contribution in [-0.4, -0.2) is 33.4 Å². The van der Waals surface area contributed by atoms with Gasteiger partial charge in [-0.2, -0.15) is 0 Å². The highest BCUT2D eigenvalue weighted by atomic mass is 16.3. The van der Waals surface area contributed by atoms with Crippen LogP contribution in [0.5, 0.6) is 0 Å². The molecule has 0 spiro atoms. The molecule has 1 unspecified atom stereocenters. The smallest absolute Gasteiger partial charge is 0.269 e. The van der Waals surface area contributed by atoms with Gasteiger partial charge in [0.05, 0.1) is 5.60 Å². The average molecular weight is 252 g/mol. The van der Waals surface area contributed by atoms with E-state index < -0.39 is 11.5 Å². The molecule has 0 aliphatic carbocycles. The Kier molecular flexibility index (Phi) is 4.61. The molecule has 0 radical (unpaired) electrons. The molecule has 1 aromatic rings. The number of aliphatic hydroxyl groups is 1. The van der Waals surface area contributed by atoms with Crippen molar-refractivity contribution in [1.82, 2.24) is 10.2 Å². The maximum atomic E-state index is 10.8. The number of nitrogens with two attached hydrogens (primary N) is 1. The first-order chi connectivity index (χ1) is 8.30. The summed E-state index contributed by atoms with van der Waals surface area (Å²) in [6.07, 6.45) is 0.687. The largest absolute Gasteiger partial charge is 0.388 e. The number of nitrogens with one attached hydrogen (secondary N) is 1. The van der Waals surface area contributed by atoms with Crippen molar-refractivity contribution in [2.24, 2.45) is 11.7 Å². The van der Waals surface area contributed by atoms with Gasteiger partial charge in [-0.05, 0) is 31.4 Å². The lowest BCUT2D eigenvalue weighted by Gasteiger charge is -2.25. The molecule has 1 heterocycles. The van der Waals surface area contributed by atoms with Gasteiger partial charge in [-0.1, -0.05) is 13.8 Å². The molecular formula is C12H20N4O2. The van der Waals surface area contributed by atoms with E-state index in [-0.39, 0.29) is 5.69 Å². The van der Waals surface area contributed by atoms with Crippen molar-refractivity contribution in [3.8, 4) is 0 Å². The minimum Gasteiger partial charge on any atom is -0.388 e. The molecule has 0 bridgehead atoms. The lowest BCUT2D eigenvalue weighted by Crippen LogP contribution is -2.35. The van der Waals surface area contributed by atoms with Gasteiger partial charge in [-0.3, -0.25) is 4.79 Å². The van der Waals surface area contributed by atoms with Crippen LogP contribution in [0.3, 0.4) is 0 Å². The zero-order valence-electron chi connectivity index (χ0n) is 11.0. The zero-order chi connectivity index (χ0) is 13.8. The minimum atomic E-state index is -0.807. The Balaban J connectivity index is 2.55. The SMILES string of the molecule is CC(C)CC(C)(O)CNc1ccc(C(N)=O)nn1. The number of carbonyl (C=O) groups excluding carboxylic acids is 1. The van der Waals surface area contributed by atoms with Gasteiger partial charge in [-0.25, -0.2) is 0 Å². The van der Waals surface area contributed by atoms with E-state index in [9.17, 15) is 9.90 Å². The Bertz CT molecular complexity index is 401. The van der Waals surface area contributed by atoms with Crippen molar-refractivity contribution in [2.45, 2.75) is 32.8 Å². The number of primary amides is 1. The summed E-state index contributed by atoms with van der Waals surface area (Å²) in [5.74, 6) is 0.301. The van der Waals surface area contributed by atoms with E-state index in [4.69, 9.17) is 5.73 Å². The van der Waals surface area contributed by atoms with Gasteiger partial charge in [0.1, 0.15) is 5.82 Å². The van der Waals surface area contributed by atoms with Gasteiger partial charge < -0.3 is 16.2 Å². The number of carbonyl (C=O) groups is 1. The molecule has 0 saturated heterocycles. The van der Waals surface area contributed by atoms with E-state index in [1.165, 1.54) is 6.07 Å². The van der Waals surface area contributed by atoms with E-state index >= 15 is 0 Å². The van der Waals surface area contributed by atoms with Gasteiger partial charge >= 0.3 is 0 Å². The highest BCUT2D eigenvalue weighted by molar-refractivity contribution is 5.90. The number of rotatable bonds is 6. The standard InChI is InChI=1S/C12H20N4O2/c1-8(2)6-12(3,18)7-14-10-5-4-9(11(13)17)15-16-10/h4-5,8,18H,6-7H2,1-3H3,(H2,13,17)(H,14,16). The Labute approximate surface area is 107 Å². The fourth-order valence-corrected chi connectivity index (χ4v) is 1.79. The summed E-state index contributed by atoms with van der Waals surface area (Å²) < 4.78 is 0. The molecular weight excluding hydrogens is 232 g/mol. The normalized spacial score (nSPS) is 14.3. The van der Waals surface area contributed by atoms with Crippen molar-refractivity contribution in [3.05, 3.63) is 17.8 Å². The van der Waals surface area contributed by atoms with Crippen LogP contribution >= 0.6 is 0 Å². The lowest BCUT2D eigenvalue weighted by atomic mass is 9.94. The predicted octanol–water partition coefficient (Wildman–Crippen LogP) is 0.784. The molecule has 0 aliphatic rings. The number of anilines is 1. The molecule has 100 valence electrons. The predicted molar refractivity (Wildman–Crippen MR) is 69.1 cm³/mol. The molecule has 6 heteroatoms. The highest BCUT2D eigenvalue weighted by Gasteiger charge is 2.21. The third-order valence-corrected chi connectivity index (χ3v) is 2.42. The number of hydrogen-bond acceptors (Lipinski definition) is 5. The van der Waals surface area contributed by atoms with E-state index in [2.05, 4.69) is 29.4 Å². The van der Waals surface area contributed by atoms with Crippen molar-refractivity contribution < 1.29 is 9.90 Å². The number of amides is 1. The maximum Gasteiger partial charge on any atom is 0.269 e. The molecule has 0 fully saturated rings. The summed E-state index contributed by atoms with van der Waals surface area (Å²) >= 11 is 0. The van der Waals surface area contributed by atoms with Gasteiger partial charge in [0.25, 0.3) is 5.91 Å². The molecule has 18 heavy (non-hydrogen) atoms. The second kappa shape index (κ2) is 5.77. The summed E-state index contributed by atoms with van der Waals surface area (Å²) in [5.41, 5.74) is 4.37. The van der Waals surface area contributed by atoms with Crippen LogP contribution in [0.15, 0.2) is 12.1 Å². The van der Waals surface area contributed by atoms with Crippen molar-refractivity contribution >= 4 is 11.7 Å². The third kappa shape index (κ3) is 4.67. The van der Waals surface area contributed by atoms with E-state index in [1.54, 1.807) is 13.0 Å². The number of aromatic nitrogens is 2. The van der Waals surface area contributed by atoms with Crippen molar-refractivity contribution in [3.63, 3.8) is 0 Å². The summed E-state index contributed by atoms with van der Waals surface area (Å²) in [6, 6.07) is 3.10. The molecule has 6 nitrogen and oxygen atoms in total. The van der Waals surface area contributed by atoms with Gasteiger partial charge in [0, 0.05) is 6.54 Å². The molecule has 1 aromatic heterocycles. The van der Waals surface area contributed by atoms with Crippen LogP contribution < -0.4 is 11.1 Å². The number of nitrogens with zero attached hydrogens (tertiary/aromatic N) is 2. The molecule has 1 rings (SSSR count). The Morgan fingerprint density at radius 3 is 2.61 bits per heavy atom. The molecule has 4 N–H and O–H groups in total. The van der Waals surface area contributed by atoms with Crippen LogP contribution in [0.2, 0.25) is 0 Å². The second-order valence-electron chi connectivity index (χ2n) is 5.12. The fraction of sp³-hybridized carbons (Fsp3) is 0.583. The first-order valence-corrected chi connectivity index (χ1v) is 5.90. The Morgan fingerprint density at radius 2 is 2.17 bits per heavy atom. The molecule has 0 saturated carbocycles. The molecule has 0 aliphatic heterocycles. The lowest BCUT2D eigenvalue weighted by molar-refractivity contribution is 0.0514. The average Bonchev–Trinajstić information content (AvgIpc) is 2.25. The van der Waals surface area contributed by atoms with E-state index in [0.29, 0.717) is 24.7 Å². The van der Waals surface area contributed by atoms with Crippen LogP contribution in [-0.2, 0) is 0 Å². The van der Waals surface area contributed by atoms with Crippen molar-refractivity contribution in [2.75, 3.05) is 11.9 Å². The zero-order valence-corrected chi connectivity index (χ0v) is 11.0. The monoisotopic (exact) mass is 252 g/mol. The second-order valence-corrected chi connectivity index (χ2v) is 5.12. The summed E-state index contributed by atoms with van der Waals surface area (Å²) in [6.45, 7) is 6.24. The van der Waals surface area contributed by atoms with E-state index in [0.717, 1.165) is 0 Å². The van der Waals surface area contributed by atoms with Crippen LogP contribution in [0.25, 0.3) is 0 Å². The summed E-state index contributed by atoms with van der Waals surface area (Å²) in [7, 11) is 0. The third-order valence-electron chi connectivity index (χ3n) is 2.42. The Hall–Kier alpha value is -1.69. The molecule has 1 amide bonds. The summed E-state index contributed by atoms with van der Waals surface area (Å²) in [4.78, 5) is 10.8. The topological polar surface area (TPSA) is 101 Å². The quantitative estimate of drug-likeness (QED) is 0.694. The summed E-state index contributed by atoms with van der Waals surface area (Å²) in [5, 5.41) is 20.6. The Morgan fingerprint density at radius 1 is 1.50 bits per heavy atom. The molecule has 1 atom stereocenters. The molecule has 0 aromatic carbocycles. The van der Waals surface area contributed by atoms with Gasteiger partial charge in [-0.15, -0.1) is 10.2 Å². The van der Waals surface area contributed by atoms with Gasteiger partial charge in [0.2, 0.25) is 0 Å². The first kappa shape index (κ1) is 14.4. The van der Waals surface area contributed by atoms with Crippen molar-refractivity contribution in [1.29, 1.82) is 0 Å². The van der Waals surface area contributed by atoms with Crippen LogP contribution in [0, 0.1) is 5.92 Å². The maximum absolute atomic E-state index is 10.8.